The number of nitrogens with zero attached hydrogens (tertiary/aromatic N) is 1. The van der Waals surface area contributed by atoms with Crippen LogP contribution in [0.1, 0.15) is 37.7 Å². The van der Waals surface area contributed by atoms with E-state index in [0.29, 0.717) is 19.0 Å². The minimum Gasteiger partial charge on any atom is -0.353 e. The fraction of sp³-hybridized carbons (Fsp3) is 0.611. The lowest BCUT2D eigenvalue weighted by Crippen LogP contribution is -2.51. The summed E-state index contributed by atoms with van der Waals surface area (Å²) >= 11 is 0. The van der Waals surface area contributed by atoms with Crippen LogP contribution in [0.3, 0.4) is 0 Å². The summed E-state index contributed by atoms with van der Waals surface area (Å²) in [6.45, 7) is 2.17. The summed E-state index contributed by atoms with van der Waals surface area (Å²) in [7, 11) is 0. The second-order valence-electron chi connectivity index (χ2n) is 6.85. The number of rotatable bonds is 6. The number of carbonyl (C=O) groups excluding carboxylic acids is 1. The second-order valence-corrected chi connectivity index (χ2v) is 6.85. The molecule has 23 heavy (non-hydrogen) atoms. The van der Waals surface area contributed by atoms with Gasteiger partial charge in [-0.2, -0.15) is 0 Å². The van der Waals surface area contributed by atoms with Gasteiger partial charge < -0.3 is 11.1 Å². The molecular formula is C18H26FN3O. The Morgan fingerprint density at radius 1 is 1.26 bits per heavy atom. The number of hydrogen-bond donors (Lipinski definition) is 2. The van der Waals surface area contributed by atoms with Crippen molar-refractivity contribution in [2.24, 2.45) is 11.7 Å². The zero-order chi connectivity index (χ0) is 16.2. The molecule has 5 heteroatoms. The Labute approximate surface area is 137 Å². The molecule has 1 aromatic carbocycles. The monoisotopic (exact) mass is 319 g/mol. The number of halogens is 1. The molecule has 1 saturated heterocycles. The van der Waals surface area contributed by atoms with Gasteiger partial charge >= 0.3 is 0 Å². The molecule has 3 N–H and O–H groups in total. The van der Waals surface area contributed by atoms with E-state index >= 15 is 0 Å². The van der Waals surface area contributed by atoms with Crippen molar-refractivity contribution in [3.63, 3.8) is 0 Å². The molecule has 1 aliphatic carbocycles. The lowest BCUT2D eigenvalue weighted by atomic mass is 10.00. The molecular weight excluding hydrogens is 293 g/mol. The van der Waals surface area contributed by atoms with E-state index in [-0.39, 0.29) is 23.8 Å². The van der Waals surface area contributed by atoms with E-state index in [0.717, 1.165) is 31.4 Å². The maximum atomic E-state index is 13.0. The van der Waals surface area contributed by atoms with Gasteiger partial charge in [0.25, 0.3) is 0 Å². The second kappa shape index (κ2) is 7.41. The maximum Gasteiger partial charge on any atom is 0.237 e. The molecule has 0 bridgehead atoms. The first-order valence-corrected chi connectivity index (χ1v) is 8.65. The van der Waals surface area contributed by atoms with Crippen LogP contribution in [0, 0.1) is 11.7 Å². The minimum atomic E-state index is -0.226. The van der Waals surface area contributed by atoms with Gasteiger partial charge in [-0.05, 0) is 55.8 Å². The average molecular weight is 319 g/mol. The standard InChI is InChI=1S/C18H26FN3O/c19-15-8-4-13(5-9-15)12-22-10-2-1-3-17(22)18(23)21-11-16(20)14-6-7-14/h4-5,8-9,14,16-17H,1-3,6-7,10-12,20H2,(H,21,23). The van der Waals surface area contributed by atoms with E-state index in [4.69, 9.17) is 5.73 Å². The molecule has 2 unspecified atom stereocenters. The maximum absolute atomic E-state index is 13.0. The fourth-order valence-corrected chi connectivity index (χ4v) is 3.33. The van der Waals surface area contributed by atoms with Crippen molar-refractivity contribution < 1.29 is 9.18 Å². The molecule has 2 aliphatic rings. The van der Waals surface area contributed by atoms with Gasteiger partial charge in [0.1, 0.15) is 5.82 Å². The smallest absolute Gasteiger partial charge is 0.237 e. The van der Waals surface area contributed by atoms with Crippen LogP contribution in [0.4, 0.5) is 4.39 Å². The van der Waals surface area contributed by atoms with Crippen LogP contribution >= 0.6 is 0 Å². The van der Waals surface area contributed by atoms with Crippen molar-refractivity contribution in [1.29, 1.82) is 0 Å². The van der Waals surface area contributed by atoms with Gasteiger partial charge in [-0.25, -0.2) is 4.39 Å². The first-order chi connectivity index (χ1) is 11.1. The van der Waals surface area contributed by atoms with Crippen molar-refractivity contribution >= 4 is 5.91 Å². The van der Waals surface area contributed by atoms with Crippen LogP contribution in [0.5, 0.6) is 0 Å². The fourth-order valence-electron chi connectivity index (χ4n) is 3.33. The molecule has 126 valence electrons. The first-order valence-electron chi connectivity index (χ1n) is 8.65. The van der Waals surface area contributed by atoms with Crippen LogP contribution < -0.4 is 11.1 Å². The third-order valence-electron chi connectivity index (χ3n) is 4.95. The number of likely N-dealkylation sites (tertiary alicyclic amines) is 1. The number of hydrogen-bond acceptors (Lipinski definition) is 3. The molecule has 2 atom stereocenters. The molecule has 1 aliphatic heterocycles. The lowest BCUT2D eigenvalue weighted by Gasteiger charge is -2.35. The predicted octanol–water partition coefficient (Wildman–Crippen LogP) is 2.03. The quantitative estimate of drug-likeness (QED) is 0.843. The Kier molecular flexibility index (Phi) is 5.28. The highest BCUT2D eigenvalue weighted by atomic mass is 19.1. The molecule has 1 aromatic rings. The molecule has 0 radical (unpaired) electrons. The molecule has 1 saturated carbocycles. The summed E-state index contributed by atoms with van der Waals surface area (Å²) in [6, 6.07) is 6.53. The summed E-state index contributed by atoms with van der Waals surface area (Å²) < 4.78 is 13.0. The third kappa shape index (κ3) is 4.52. The molecule has 0 spiro atoms. The normalized spacial score (nSPS) is 23.5. The molecule has 3 rings (SSSR count). The molecule has 1 amide bonds. The number of carbonyl (C=O) groups is 1. The molecule has 4 nitrogen and oxygen atoms in total. The zero-order valence-electron chi connectivity index (χ0n) is 13.5. The molecule has 1 heterocycles. The highest BCUT2D eigenvalue weighted by Gasteiger charge is 2.31. The van der Waals surface area contributed by atoms with Gasteiger partial charge in [0.05, 0.1) is 6.04 Å². The van der Waals surface area contributed by atoms with Gasteiger partial charge in [-0.3, -0.25) is 9.69 Å². The zero-order valence-corrected chi connectivity index (χ0v) is 13.5. The van der Waals surface area contributed by atoms with Gasteiger partial charge in [-0.1, -0.05) is 18.6 Å². The summed E-state index contributed by atoms with van der Waals surface area (Å²) in [5.41, 5.74) is 7.11. The Hall–Kier alpha value is -1.46. The van der Waals surface area contributed by atoms with Crippen molar-refractivity contribution in [2.75, 3.05) is 13.1 Å². The van der Waals surface area contributed by atoms with Gasteiger partial charge in [0, 0.05) is 19.1 Å². The van der Waals surface area contributed by atoms with Gasteiger partial charge in [0.15, 0.2) is 0 Å². The van der Waals surface area contributed by atoms with E-state index in [9.17, 15) is 9.18 Å². The average Bonchev–Trinajstić information content (AvgIpc) is 3.40. The van der Waals surface area contributed by atoms with Crippen LogP contribution in [0.2, 0.25) is 0 Å². The Morgan fingerprint density at radius 3 is 2.70 bits per heavy atom. The van der Waals surface area contributed by atoms with E-state index in [1.54, 1.807) is 12.1 Å². The van der Waals surface area contributed by atoms with Gasteiger partial charge in [-0.15, -0.1) is 0 Å². The summed E-state index contributed by atoms with van der Waals surface area (Å²) in [5.74, 6) is 0.454. The number of piperidine rings is 1. The summed E-state index contributed by atoms with van der Waals surface area (Å²) in [4.78, 5) is 14.7. The first kappa shape index (κ1) is 16.4. The van der Waals surface area contributed by atoms with E-state index < -0.39 is 0 Å². The highest BCUT2D eigenvalue weighted by Crippen LogP contribution is 2.31. The Morgan fingerprint density at radius 2 is 2.00 bits per heavy atom. The van der Waals surface area contributed by atoms with Crippen molar-refractivity contribution in [1.82, 2.24) is 10.2 Å². The topological polar surface area (TPSA) is 58.4 Å². The summed E-state index contributed by atoms with van der Waals surface area (Å²) in [6.07, 6.45) is 5.44. The number of nitrogens with two attached hydrogens (primary N) is 1. The highest BCUT2D eigenvalue weighted by molar-refractivity contribution is 5.81. The number of amides is 1. The van der Waals surface area contributed by atoms with E-state index in [1.807, 2.05) is 0 Å². The number of nitrogens with one attached hydrogen (secondary N) is 1. The minimum absolute atomic E-state index is 0.0860. The third-order valence-corrected chi connectivity index (χ3v) is 4.95. The SMILES string of the molecule is NC(CNC(=O)C1CCCCN1Cc1ccc(F)cc1)C1CC1. The Bertz CT molecular complexity index is 530. The van der Waals surface area contributed by atoms with Crippen molar-refractivity contribution in [3.05, 3.63) is 35.6 Å². The van der Waals surface area contributed by atoms with Crippen LogP contribution in [0.15, 0.2) is 24.3 Å². The number of benzene rings is 1. The van der Waals surface area contributed by atoms with E-state index in [1.165, 1.54) is 25.0 Å². The Balaban J connectivity index is 1.56. The molecule has 2 fully saturated rings. The predicted molar refractivity (Wildman–Crippen MR) is 88.2 cm³/mol. The molecule has 0 aromatic heterocycles. The van der Waals surface area contributed by atoms with Crippen molar-refractivity contribution in [3.8, 4) is 0 Å². The summed E-state index contributed by atoms with van der Waals surface area (Å²) in [5, 5.41) is 3.03. The largest absolute Gasteiger partial charge is 0.353 e. The van der Waals surface area contributed by atoms with Crippen LogP contribution in [-0.2, 0) is 11.3 Å². The van der Waals surface area contributed by atoms with Gasteiger partial charge in [0.2, 0.25) is 5.91 Å². The van der Waals surface area contributed by atoms with Crippen LogP contribution in [-0.4, -0.2) is 36.0 Å². The van der Waals surface area contributed by atoms with Crippen molar-refractivity contribution in [2.45, 2.75) is 50.7 Å². The van der Waals surface area contributed by atoms with E-state index in [2.05, 4.69) is 10.2 Å². The van der Waals surface area contributed by atoms with Crippen LogP contribution in [0.25, 0.3) is 0 Å². The lowest BCUT2D eigenvalue weighted by molar-refractivity contribution is -0.128.